The Labute approximate surface area is 94.5 Å². The summed E-state index contributed by atoms with van der Waals surface area (Å²) in [5.41, 5.74) is -1.46. The van der Waals surface area contributed by atoms with Gasteiger partial charge in [-0.25, -0.2) is 27.3 Å². The zero-order chi connectivity index (χ0) is 12.5. The lowest BCUT2D eigenvalue weighted by atomic mass is 10.2. The van der Waals surface area contributed by atoms with Crippen LogP contribution in [0.4, 0.5) is 8.78 Å². The number of hydrogen-bond acceptors (Lipinski definition) is 4. The Morgan fingerprint density at radius 1 is 1.56 bits per heavy atom. The summed E-state index contributed by atoms with van der Waals surface area (Å²) in [5.74, 6) is 0. The highest BCUT2D eigenvalue weighted by Crippen LogP contribution is 2.26. The minimum atomic E-state index is -4.30. The van der Waals surface area contributed by atoms with Crippen molar-refractivity contribution in [2.75, 3.05) is 0 Å². The lowest BCUT2D eigenvalue weighted by Crippen LogP contribution is -2.16. The summed E-state index contributed by atoms with van der Waals surface area (Å²) < 4.78 is 46.7. The van der Waals surface area contributed by atoms with E-state index >= 15 is 0 Å². The number of hydrogen-bond donors (Lipinski definition) is 1. The van der Waals surface area contributed by atoms with Gasteiger partial charge in [-0.15, -0.1) is 0 Å². The molecule has 0 aliphatic heterocycles. The topological polar surface area (TPSA) is 96.8 Å². The van der Waals surface area contributed by atoms with Gasteiger partial charge in [0, 0.05) is 0 Å². The van der Waals surface area contributed by atoms with Gasteiger partial charge in [0.15, 0.2) is 5.03 Å². The van der Waals surface area contributed by atoms with E-state index in [1.165, 1.54) is 6.07 Å². The van der Waals surface area contributed by atoms with E-state index in [1.807, 2.05) is 0 Å². The number of primary sulfonamides is 1. The molecule has 0 amide bonds. The molecule has 2 N–H and O–H groups in total. The van der Waals surface area contributed by atoms with Crippen molar-refractivity contribution < 1.29 is 17.2 Å². The molecule has 1 rings (SSSR count). The van der Waals surface area contributed by atoms with Crippen molar-refractivity contribution >= 4 is 21.6 Å². The van der Waals surface area contributed by atoms with Gasteiger partial charge in [-0.2, -0.15) is 5.26 Å². The molecule has 9 heteroatoms. The van der Waals surface area contributed by atoms with Crippen molar-refractivity contribution in [3.05, 3.63) is 22.3 Å². The molecule has 1 aromatic heterocycles. The fourth-order valence-corrected chi connectivity index (χ4v) is 1.97. The van der Waals surface area contributed by atoms with Crippen molar-refractivity contribution in [2.24, 2.45) is 5.14 Å². The van der Waals surface area contributed by atoms with Crippen LogP contribution in [-0.2, 0) is 10.0 Å². The van der Waals surface area contributed by atoms with Crippen LogP contribution >= 0.6 is 11.6 Å². The van der Waals surface area contributed by atoms with Crippen LogP contribution in [0.2, 0.25) is 5.02 Å². The Kier molecular flexibility index (Phi) is 3.42. The van der Waals surface area contributed by atoms with Crippen LogP contribution < -0.4 is 5.14 Å². The highest BCUT2D eigenvalue weighted by molar-refractivity contribution is 7.89. The Morgan fingerprint density at radius 2 is 2.12 bits per heavy atom. The molecule has 0 fully saturated rings. The van der Waals surface area contributed by atoms with Gasteiger partial charge in [-0.1, -0.05) is 11.6 Å². The molecule has 0 unspecified atom stereocenters. The van der Waals surface area contributed by atoms with Gasteiger partial charge in [0.1, 0.15) is 11.8 Å². The molecule has 0 saturated heterocycles. The molecule has 16 heavy (non-hydrogen) atoms. The number of nitriles is 1. The standard InChI is InChI=1S/C7H4ClF2N3O2S/c8-4-1-3(2-11)5(6(9)10)13-7(4)16(12,14)15/h1,6H,(H2,12,14,15). The summed E-state index contributed by atoms with van der Waals surface area (Å²) in [5, 5.41) is 11.9. The second kappa shape index (κ2) is 4.29. The summed E-state index contributed by atoms with van der Waals surface area (Å²) in [4.78, 5) is 3.10. The lowest BCUT2D eigenvalue weighted by molar-refractivity contribution is 0.145. The molecule has 0 radical (unpaired) electrons. The summed E-state index contributed by atoms with van der Waals surface area (Å²) in [6.07, 6.45) is -3.09. The van der Waals surface area contributed by atoms with Crippen LogP contribution in [0.25, 0.3) is 0 Å². The van der Waals surface area contributed by atoms with E-state index < -0.39 is 37.8 Å². The van der Waals surface area contributed by atoms with E-state index in [-0.39, 0.29) is 0 Å². The SMILES string of the molecule is N#Cc1cc(Cl)c(S(N)(=O)=O)nc1C(F)F. The van der Waals surface area contributed by atoms with Crippen LogP contribution in [0.15, 0.2) is 11.1 Å². The molecular formula is C7H4ClF2N3O2S. The van der Waals surface area contributed by atoms with Crippen LogP contribution in [0.1, 0.15) is 17.7 Å². The number of alkyl halides is 2. The minimum absolute atomic E-state index is 0.469. The Balaban J connectivity index is 3.60. The molecule has 0 spiro atoms. The number of nitrogens with two attached hydrogens (primary N) is 1. The molecule has 1 aromatic rings. The Bertz CT molecular complexity index is 568. The largest absolute Gasteiger partial charge is 0.281 e. The summed E-state index contributed by atoms with van der Waals surface area (Å²) >= 11 is 5.45. The van der Waals surface area contributed by atoms with Gasteiger partial charge in [-0.3, -0.25) is 0 Å². The third-order valence-corrected chi connectivity index (χ3v) is 2.82. The van der Waals surface area contributed by atoms with Crippen LogP contribution in [-0.4, -0.2) is 13.4 Å². The first-order valence-electron chi connectivity index (χ1n) is 3.69. The smallest absolute Gasteiger partial charge is 0.231 e. The molecule has 86 valence electrons. The molecule has 0 aliphatic carbocycles. The molecule has 5 nitrogen and oxygen atoms in total. The molecule has 0 saturated carbocycles. The third-order valence-electron chi connectivity index (χ3n) is 1.57. The number of pyridine rings is 1. The van der Waals surface area contributed by atoms with Crippen molar-refractivity contribution in [1.29, 1.82) is 5.26 Å². The number of nitrogens with zero attached hydrogens (tertiary/aromatic N) is 2. The first-order chi connectivity index (χ1) is 7.27. The predicted octanol–water partition coefficient (Wildman–Crippen LogP) is 1.19. The van der Waals surface area contributed by atoms with Crippen molar-refractivity contribution in [2.45, 2.75) is 11.5 Å². The number of aromatic nitrogens is 1. The Morgan fingerprint density at radius 3 is 2.50 bits per heavy atom. The molecular weight excluding hydrogens is 264 g/mol. The average Bonchev–Trinajstić information content (AvgIpc) is 2.14. The number of rotatable bonds is 2. The second-order valence-corrected chi connectivity index (χ2v) is 4.55. The van der Waals surface area contributed by atoms with Crippen LogP contribution in [0, 0.1) is 11.3 Å². The predicted molar refractivity (Wildman–Crippen MR) is 50.3 cm³/mol. The Hall–Kier alpha value is -1.30. The molecule has 0 bridgehead atoms. The monoisotopic (exact) mass is 267 g/mol. The molecule has 0 atom stereocenters. The van der Waals surface area contributed by atoms with E-state index in [9.17, 15) is 17.2 Å². The zero-order valence-corrected chi connectivity index (χ0v) is 9.06. The number of halogens is 3. The normalized spacial score (nSPS) is 11.5. The average molecular weight is 268 g/mol. The maximum Gasteiger partial charge on any atom is 0.281 e. The maximum absolute atomic E-state index is 12.4. The summed E-state index contributed by atoms with van der Waals surface area (Å²) in [6.45, 7) is 0. The van der Waals surface area contributed by atoms with Crippen molar-refractivity contribution in [3.8, 4) is 6.07 Å². The number of sulfonamides is 1. The second-order valence-electron chi connectivity index (χ2n) is 2.67. The van der Waals surface area contributed by atoms with Gasteiger partial charge in [0.2, 0.25) is 0 Å². The molecule has 1 heterocycles. The van der Waals surface area contributed by atoms with E-state index in [2.05, 4.69) is 4.98 Å². The van der Waals surface area contributed by atoms with Gasteiger partial charge in [0.05, 0.1) is 10.6 Å². The lowest BCUT2D eigenvalue weighted by Gasteiger charge is -2.06. The van der Waals surface area contributed by atoms with Crippen molar-refractivity contribution in [1.82, 2.24) is 4.98 Å². The van der Waals surface area contributed by atoms with E-state index in [4.69, 9.17) is 22.0 Å². The quantitative estimate of drug-likeness (QED) is 0.870. The van der Waals surface area contributed by atoms with Gasteiger partial charge in [0.25, 0.3) is 16.4 Å². The zero-order valence-electron chi connectivity index (χ0n) is 7.49. The fourth-order valence-electron chi connectivity index (χ4n) is 0.941. The van der Waals surface area contributed by atoms with Gasteiger partial charge < -0.3 is 0 Å². The maximum atomic E-state index is 12.4. The summed E-state index contributed by atoms with van der Waals surface area (Å²) in [7, 11) is -4.30. The first kappa shape index (κ1) is 12.8. The van der Waals surface area contributed by atoms with E-state index in [0.717, 1.165) is 6.07 Å². The van der Waals surface area contributed by atoms with Gasteiger partial charge >= 0.3 is 0 Å². The first-order valence-corrected chi connectivity index (χ1v) is 5.61. The molecule has 0 aromatic carbocycles. The fraction of sp³-hybridized carbons (Fsp3) is 0.143. The van der Waals surface area contributed by atoms with Crippen LogP contribution in [0.5, 0.6) is 0 Å². The van der Waals surface area contributed by atoms with E-state index in [0.29, 0.717) is 0 Å². The van der Waals surface area contributed by atoms with Gasteiger partial charge in [-0.05, 0) is 6.07 Å². The minimum Gasteiger partial charge on any atom is -0.231 e. The highest BCUT2D eigenvalue weighted by atomic mass is 35.5. The summed E-state index contributed by atoms with van der Waals surface area (Å²) in [6, 6.07) is 2.22. The van der Waals surface area contributed by atoms with Crippen LogP contribution in [0.3, 0.4) is 0 Å². The molecule has 0 aliphatic rings. The third kappa shape index (κ3) is 2.44. The van der Waals surface area contributed by atoms with Crippen molar-refractivity contribution in [3.63, 3.8) is 0 Å². The van der Waals surface area contributed by atoms with E-state index in [1.54, 1.807) is 0 Å². The highest BCUT2D eigenvalue weighted by Gasteiger charge is 2.23.